The summed E-state index contributed by atoms with van der Waals surface area (Å²) < 4.78 is 17.8. The van der Waals surface area contributed by atoms with Gasteiger partial charge in [0.2, 0.25) is 5.91 Å². The molecule has 4 N–H and O–H groups in total. The van der Waals surface area contributed by atoms with Crippen molar-refractivity contribution in [1.82, 2.24) is 10.6 Å². The van der Waals surface area contributed by atoms with Gasteiger partial charge in [0.15, 0.2) is 5.96 Å². The average molecular weight is 438 g/mol. The monoisotopic (exact) mass is 438 g/mol. The maximum absolute atomic E-state index is 12.9. The van der Waals surface area contributed by atoms with Gasteiger partial charge in [-0.15, -0.1) is 24.0 Å². The number of hydrogen-bond acceptors (Lipinski definition) is 3. The molecule has 1 unspecified atom stereocenters. The second-order valence-electron chi connectivity index (χ2n) is 4.80. The Kier molecular flexibility index (Phi) is 11.3. The zero-order valence-electron chi connectivity index (χ0n) is 13.3. The Morgan fingerprint density at radius 1 is 1.35 bits per heavy atom. The third-order valence-corrected chi connectivity index (χ3v) is 3.14. The fraction of sp³-hybridized carbons (Fsp3) is 0.467. The number of rotatable bonds is 8. The van der Waals surface area contributed by atoms with E-state index >= 15 is 0 Å². The molecular weight excluding hydrogens is 414 g/mol. The van der Waals surface area contributed by atoms with Crippen molar-refractivity contribution in [3.63, 3.8) is 0 Å². The summed E-state index contributed by atoms with van der Waals surface area (Å²) in [6.45, 7) is 1.50. The van der Waals surface area contributed by atoms with Crippen molar-refractivity contribution in [3.05, 3.63) is 35.6 Å². The van der Waals surface area contributed by atoms with E-state index in [4.69, 9.17) is 10.5 Å². The zero-order chi connectivity index (χ0) is 16.4. The molecule has 1 atom stereocenters. The standard InChI is InChI=1S/C15H23FN4O2.HI/c1-18-15(19-7-8-22-2)20-10-12(14(17)21)9-11-3-5-13(16)6-4-11;/h3-6,12H,7-10H2,1-2H3,(H2,17,21)(H2,18,19,20);1H. The first kappa shape index (κ1) is 21.6. The van der Waals surface area contributed by atoms with Gasteiger partial charge in [-0.1, -0.05) is 12.1 Å². The molecule has 0 bridgehead atoms. The van der Waals surface area contributed by atoms with E-state index in [1.807, 2.05) is 0 Å². The summed E-state index contributed by atoms with van der Waals surface area (Å²) in [4.78, 5) is 15.6. The lowest BCUT2D eigenvalue weighted by atomic mass is 9.98. The molecule has 130 valence electrons. The predicted molar refractivity (Wildman–Crippen MR) is 99.4 cm³/mol. The fourth-order valence-corrected chi connectivity index (χ4v) is 1.89. The quantitative estimate of drug-likeness (QED) is 0.244. The van der Waals surface area contributed by atoms with E-state index in [2.05, 4.69) is 15.6 Å². The van der Waals surface area contributed by atoms with Crippen LogP contribution in [0.5, 0.6) is 0 Å². The van der Waals surface area contributed by atoms with E-state index in [9.17, 15) is 9.18 Å². The molecule has 0 saturated heterocycles. The van der Waals surface area contributed by atoms with Crippen LogP contribution in [0.4, 0.5) is 4.39 Å². The van der Waals surface area contributed by atoms with E-state index < -0.39 is 11.8 Å². The molecule has 1 aromatic carbocycles. The summed E-state index contributed by atoms with van der Waals surface area (Å²) in [7, 11) is 3.26. The second-order valence-corrected chi connectivity index (χ2v) is 4.80. The lowest BCUT2D eigenvalue weighted by Crippen LogP contribution is -2.43. The first-order valence-corrected chi connectivity index (χ1v) is 7.04. The van der Waals surface area contributed by atoms with Crippen LogP contribution in [-0.4, -0.2) is 45.7 Å². The summed E-state index contributed by atoms with van der Waals surface area (Å²) in [5.74, 6) is -0.557. The number of primary amides is 1. The van der Waals surface area contributed by atoms with Crippen LogP contribution in [0.3, 0.4) is 0 Å². The first-order valence-electron chi connectivity index (χ1n) is 7.04. The summed E-state index contributed by atoms with van der Waals surface area (Å²) in [6, 6.07) is 6.03. The van der Waals surface area contributed by atoms with Gasteiger partial charge >= 0.3 is 0 Å². The Morgan fingerprint density at radius 3 is 2.52 bits per heavy atom. The number of ether oxygens (including phenoxy) is 1. The average Bonchev–Trinajstić information content (AvgIpc) is 2.51. The normalized spacial score (nSPS) is 12.2. The van der Waals surface area contributed by atoms with Crippen LogP contribution < -0.4 is 16.4 Å². The largest absolute Gasteiger partial charge is 0.383 e. The lowest BCUT2D eigenvalue weighted by molar-refractivity contribution is -0.121. The number of aliphatic imine (C=N–C) groups is 1. The number of methoxy groups -OCH3 is 1. The maximum atomic E-state index is 12.9. The molecule has 0 saturated carbocycles. The second kappa shape index (κ2) is 12.1. The van der Waals surface area contributed by atoms with Crippen LogP contribution in [0, 0.1) is 11.7 Å². The Hall–Kier alpha value is -1.42. The molecule has 23 heavy (non-hydrogen) atoms. The zero-order valence-corrected chi connectivity index (χ0v) is 15.7. The molecule has 0 fully saturated rings. The molecule has 0 aliphatic carbocycles. The van der Waals surface area contributed by atoms with Crippen molar-refractivity contribution < 1.29 is 13.9 Å². The Balaban J connectivity index is 0.00000484. The van der Waals surface area contributed by atoms with Crippen LogP contribution in [0.1, 0.15) is 5.56 Å². The van der Waals surface area contributed by atoms with Crippen LogP contribution in [0.15, 0.2) is 29.3 Å². The molecule has 1 rings (SSSR count). The number of guanidine groups is 1. The van der Waals surface area contributed by atoms with E-state index in [1.165, 1.54) is 12.1 Å². The van der Waals surface area contributed by atoms with E-state index in [1.54, 1.807) is 26.3 Å². The van der Waals surface area contributed by atoms with Crippen LogP contribution >= 0.6 is 24.0 Å². The Labute approximate surface area is 153 Å². The van der Waals surface area contributed by atoms with Crippen molar-refractivity contribution in [2.45, 2.75) is 6.42 Å². The minimum atomic E-state index is -0.413. The third kappa shape index (κ3) is 8.70. The molecule has 0 spiro atoms. The third-order valence-electron chi connectivity index (χ3n) is 3.14. The van der Waals surface area contributed by atoms with Crippen molar-refractivity contribution >= 4 is 35.8 Å². The predicted octanol–water partition coefficient (Wildman–Crippen LogP) is 0.899. The van der Waals surface area contributed by atoms with Gasteiger partial charge in [0.25, 0.3) is 0 Å². The molecule has 6 nitrogen and oxygen atoms in total. The van der Waals surface area contributed by atoms with Gasteiger partial charge in [0.1, 0.15) is 5.82 Å². The fourth-order valence-electron chi connectivity index (χ4n) is 1.89. The SMILES string of the molecule is CN=C(NCCOC)NCC(Cc1ccc(F)cc1)C(N)=O.I. The van der Waals surface area contributed by atoms with Gasteiger partial charge in [0.05, 0.1) is 12.5 Å². The van der Waals surface area contributed by atoms with Gasteiger partial charge in [-0.3, -0.25) is 9.79 Å². The van der Waals surface area contributed by atoms with Gasteiger partial charge < -0.3 is 21.1 Å². The number of nitrogens with zero attached hydrogens (tertiary/aromatic N) is 1. The van der Waals surface area contributed by atoms with Crippen molar-refractivity contribution in [3.8, 4) is 0 Å². The highest BCUT2D eigenvalue weighted by atomic mass is 127. The number of carbonyl (C=O) groups is 1. The van der Waals surface area contributed by atoms with E-state index in [-0.39, 0.29) is 29.8 Å². The number of carbonyl (C=O) groups excluding carboxylic acids is 1. The molecule has 0 aromatic heterocycles. The van der Waals surface area contributed by atoms with E-state index in [0.29, 0.717) is 32.1 Å². The Morgan fingerprint density at radius 2 is 2.00 bits per heavy atom. The number of nitrogens with two attached hydrogens (primary N) is 1. The molecule has 0 radical (unpaired) electrons. The van der Waals surface area contributed by atoms with Crippen LogP contribution in [0.25, 0.3) is 0 Å². The number of halogens is 2. The molecule has 0 aliphatic heterocycles. The summed E-state index contributed by atoms with van der Waals surface area (Å²) in [6.07, 6.45) is 0.442. The summed E-state index contributed by atoms with van der Waals surface area (Å²) >= 11 is 0. The lowest BCUT2D eigenvalue weighted by Gasteiger charge is -2.17. The molecule has 1 amide bonds. The van der Waals surface area contributed by atoms with Gasteiger partial charge in [-0.05, 0) is 24.1 Å². The van der Waals surface area contributed by atoms with Crippen molar-refractivity contribution in [1.29, 1.82) is 0 Å². The number of hydrogen-bond donors (Lipinski definition) is 3. The molecule has 0 heterocycles. The van der Waals surface area contributed by atoms with Gasteiger partial charge in [0, 0.05) is 27.2 Å². The number of nitrogens with one attached hydrogen (secondary N) is 2. The van der Waals surface area contributed by atoms with Crippen molar-refractivity contribution in [2.75, 3.05) is 33.9 Å². The van der Waals surface area contributed by atoms with Crippen molar-refractivity contribution in [2.24, 2.45) is 16.6 Å². The minimum Gasteiger partial charge on any atom is -0.383 e. The highest BCUT2D eigenvalue weighted by Gasteiger charge is 2.16. The smallest absolute Gasteiger partial charge is 0.222 e. The van der Waals surface area contributed by atoms with Gasteiger partial charge in [-0.25, -0.2) is 4.39 Å². The molecule has 8 heteroatoms. The van der Waals surface area contributed by atoms with Crippen LogP contribution in [0.2, 0.25) is 0 Å². The first-order chi connectivity index (χ1) is 10.6. The summed E-state index contributed by atoms with van der Waals surface area (Å²) in [5, 5.41) is 6.10. The van der Waals surface area contributed by atoms with Crippen LogP contribution in [-0.2, 0) is 16.0 Å². The minimum absolute atomic E-state index is 0. The van der Waals surface area contributed by atoms with E-state index in [0.717, 1.165) is 5.56 Å². The number of amides is 1. The number of benzene rings is 1. The molecule has 0 aliphatic rings. The highest BCUT2D eigenvalue weighted by molar-refractivity contribution is 14.0. The summed E-state index contributed by atoms with van der Waals surface area (Å²) in [5.41, 5.74) is 6.29. The van der Waals surface area contributed by atoms with Gasteiger partial charge in [-0.2, -0.15) is 0 Å². The maximum Gasteiger partial charge on any atom is 0.222 e. The highest BCUT2D eigenvalue weighted by Crippen LogP contribution is 2.09. The molecule has 1 aromatic rings. The topological polar surface area (TPSA) is 88.7 Å². The Bertz CT molecular complexity index is 497. The molecular formula is C15H24FIN4O2.